The van der Waals surface area contributed by atoms with Crippen molar-refractivity contribution >= 4 is 17.4 Å². The average molecular weight is 419 g/mol. The summed E-state index contributed by atoms with van der Waals surface area (Å²) in [6, 6.07) is 9.94. The molecule has 160 valence electrons. The monoisotopic (exact) mass is 418 g/mol. The number of nitrogens with one attached hydrogen (secondary N) is 2. The zero-order valence-electron chi connectivity index (χ0n) is 17.9. The third kappa shape index (κ3) is 5.99. The largest absolute Gasteiger partial charge is 0.323 e. The molecule has 0 fully saturated rings. The normalized spacial score (nSPS) is 10.8. The van der Waals surface area contributed by atoms with Crippen molar-refractivity contribution in [2.24, 2.45) is 5.92 Å². The van der Waals surface area contributed by atoms with E-state index in [-0.39, 0.29) is 29.8 Å². The van der Waals surface area contributed by atoms with Crippen LogP contribution in [0.2, 0.25) is 0 Å². The molecule has 0 unspecified atom stereocenters. The van der Waals surface area contributed by atoms with Gasteiger partial charge in [-0.1, -0.05) is 45.0 Å². The summed E-state index contributed by atoms with van der Waals surface area (Å²) < 4.78 is 0. The molecule has 8 nitrogen and oxygen atoms in total. The number of Topliss-reactive ketones (excluding diaryl/α,β-unsaturated/α-hetero) is 1. The molecule has 0 saturated heterocycles. The van der Waals surface area contributed by atoms with Crippen molar-refractivity contribution in [1.29, 1.82) is 0 Å². The first kappa shape index (κ1) is 22.2. The summed E-state index contributed by atoms with van der Waals surface area (Å²) in [6.45, 7) is 6.08. The van der Waals surface area contributed by atoms with Crippen LogP contribution in [0.15, 0.2) is 49.2 Å². The van der Waals surface area contributed by atoms with Gasteiger partial charge < -0.3 is 10.6 Å². The van der Waals surface area contributed by atoms with Gasteiger partial charge in [0.2, 0.25) is 5.91 Å². The molecule has 0 bridgehead atoms. The Labute approximate surface area is 181 Å². The molecule has 0 aliphatic heterocycles. The minimum Gasteiger partial charge on any atom is -0.323 e. The Bertz CT molecular complexity index is 1050. The molecular weight excluding hydrogens is 392 g/mol. The molecule has 1 aromatic carbocycles. The number of hydrogen-bond donors (Lipinski definition) is 2. The number of ketones is 1. The maximum Gasteiger partial charge on any atom is 0.238 e. The van der Waals surface area contributed by atoms with Crippen LogP contribution in [0.3, 0.4) is 0 Å². The Kier molecular flexibility index (Phi) is 7.50. The van der Waals surface area contributed by atoms with Crippen LogP contribution in [0, 0.1) is 5.92 Å². The molecule has 2 heterocycles. The Morgan fingerprint density at radius 1 is 1.03 bits per heavy atom. The van der Waals surface area contributed by atoms with Crippen molar-refractivity contribution in [2.75, 3.05) is 11.9 Å². The van der Waals surface area contributed by atoms with Crippen molar-refractivity contribution in [3.63, 3.8) is 0 Å². The fourth-order valence-electron chi connectivity index (χ4n) is 3.00. The lowest BCUT2D eigenvalue weighted by atomic mass is 10.00. The molecule has 0 radical (unpaired) electrons. The van der Waals surface area contributed by atoms with E-state index in [1.807, 2.05) is 26.0 Å². The van der Waals surface area contributed by atoms with Crippen LogP contribution in [0.1, 0.15) is 42.6 Å². The number of carbonyl (C=O) groups is 2. The molecule has 0 atom stereocenters. The molecule has 8 heteroatoms. The van der Waals surface area contributed by atoms with Crippen LogP contribution < -0.4 is 10.6 Å². The van der Waals surface area contributed by atoms with E-state index in [9.17, 15) is 9.59 Å². The van der Waals surface area contributed by atoms with Crippen LogP contribution in [-0.4, -0.2) is 38.2 Å². The number of nitrogens with zero attached hydrogens (tertiary/aromatic N) is 4. The summed E-state index contributed by atoms with van der Waals surface area (Å²) >= 11 is 0. The maximum atomic E-state index is 12.6. The summed E-state index contributed by atoms with van der Waals surface area (Å²) in [6.07, 6.45) is 5.40. The number of aromatic nitrogens is 4. The standard InChI is InChI=1S/C23H26N6O2/c1-4-16-6-5-7-17(8-16)18-9-19(22(26-10-18)23(31)15(2)3)29-21(30)12-24-11-20-27-13-25-14-28-20/h5-10,13-15,24H,4,11-12H2,1-3H3,(H,29,30). The van der Waals surface area contributed by atoms with Gasteiger partial charge in [-0.3, -0.25) is 14.6 Å². The van der Waals surface area contributed by atoms with E-state index >= 15 is 0 Å². The number of amides is 1. The molecule has 3 rings (SSSR count). The number of rotatable bonds is 9. The van der Waals surface area contributed by atoms with E-state index < -0.39 is 0 Å². The summed E-state index contributed by atoms with van der Waals surface area (Å²) in [4.78, 5) is 41.3. The highest BCUT2D eigenvalue weighted by atomic mass is 16.2. The first-order valence-electron chi connectivity index (χ1n) is 10.2. The van der Waals surface area contributed by atoms with Crippen molar-refractivity contribution < 1.29 is 9.59 Å². The molecule has 1 amide bonds. The van der Waals surface area contributed by atoms with E-state index in [0.29, 0.717) is 18.1 Å². The summed E-state index contributed by atoms with van der Waals surface area (Å²) in [5.74, 6) is -0.104. The van der Waals surface area contributed by atoms with Gasteiger partial charge in [-0.05, 0) is 23.6 Å². The summed E-state index contributed by atoms with van der Waals surface area (Å²) in [7, 11) is 0. The Morgan fingerprint density at radius 2 is 1.81 bits per heavy atom. The highest BCUT2D eigenvalue weighted by molar-refractivity contribution is 6.05. The second-order valence-electron chi connectivity index (χ2n) is 7.40. The quantitative estimate of drug-likeness (QED) is 0.514. The van der Waals surface area contributed by atoms with Gasteiger partial charge in [-0.25, -0.2) is 15.0 Å². The number of benzene rings is 1. The molecule has 0 aliphatic rings. The minimum absolute atomic E-state index is 0.0382. The highest BCUT2D eigenvalue weighted by Crippen LogP contribution is 2.26. The second-order valence-corrected chi connectivity index (χ2v) is 7.40. The SMILES string of the molecule is CCc1cccc(-c2cnc(C(=O)C(C)C)c(NC(=O)CNCc3ncncn3)c2)c1. The average Bonchev–Trinajstić information content (AvgIpc) is 2.79. The third-order valence-corrected chi connectivity index (χ3v) is 4.70. The lowest BCUT2D eigenvalue weighted by Crippen LogP contribution is -2.29. The first-order chi connectivity index (χ1) is 15.0. The van der Waals surface area contributed by atoms with Crippen molar-refractivity contribution in [2.45, 2.75) is 33.7 Å². The van der Waals surface area contributed by atoms with E-state index in [1.165, 1.54) is 18.2 Å². The fraction of sp³-hybridized carbons (Fsp3) is 0.304. The van der Waals surface area contributed by atoms with Gasteiger partial charge in [-0.15, -0.1) is 0 Å². The predicted molar refractivity (Wildman–Crippen MR) is 118 cm³/mol. The van der Waals surface area contributed by atoms with Gasteiger partial charge >= 0.3 is 0 Å². The Hall–Kier alpha value is -3.52. The van der Waals surface area contributed by atoms with Crippen molar-refractivity contribution in [3.8, 4) is 11.1 Å². The van der Waals surface area contributed by atoms with Gasteiger partial charge in [0.1, 0.15) is 24.2 Å². The van der Waals surface area contributed by atoms with Gasteiger partial charge in [0.25, 0.3) is 0 Å². The van der Waals surface area contributed by atoms with Crippen LogP contribution in [-0.2, 0) is 17.8 Å². The zero-order chi connectivity index (χ0) is 22.2. The summed E-state index contributed by atoms with van der Waals surface area (Å²) in [5.41, 5.74) is 3.69. The zero-order valence-corrected chi connectivity index (χ0v) is 17.9. The number of anilines is 1. The smallest absolute Gasteiger partial charge is 0.238 e. The van der Waals surface area contributed by atoms with E-state index in [0.717, 1.165) is 17.5 Å². The van der Waals surface area contributed by atoms with Crippen molar-refractivity contribution in [1.82, 2.24) is 25.3 Å². The van der Waals surface area contributed by atoms with Gasteiger partial charge in [0.05, 0.1) is 18.8 Å². The third-order valence-electron chi connectivity index (χ3n) is 4.70. The van der Waals surface area contributed by atoms with Crippen LogP contribution in [0.25, 0.3) is 11.1 Å². The maximum absolute atomic E-state index is 12.6. The topological polar surface area (TPSA) is 110 Å². The number of aryl methyl sites for hydroxylation is 1. The molecule has 0 spiro atoms. The predicted octanol–water partition coefficient (Wildman–Crippen LogP) is 3.06. The molecule has 0 aliphatic carbocycles. The molecule has 31 heavy (non-hydrogen) atoms. The fourth-order valence-corrected chi connectivity index (χ4v) is 3.00. The molecular formula is C23H26N6O2. The molecule has 3 aromatic rings. The second kappa shape index (κ2) is 10.5. The van der Waals surface area contributed by atoms with Crippen LogP contribution in [0.5, 0.6) is 0 Å². The van der Waals surface area contributed by atoms with Crippen LogP contribution >= 0.6 is 0 Å². The lowest BCUT2D eigenvalue weighted by molar-refractivity contribution is -0.115. The van der Waals surface area contributed by atoms with E-state index in [1.54, 1.807) is 12.3 Å². The van der Waals surface area contributed by atoms with E-state index in [2.05, 4.69) is 49.6 Å². The minimum atomic E-state index is -0.284. The van der Waals surface area contributed by atoms with Crippen LogP contribution in [0.4, 0.5) is 5.69 Å². The van der Waals surface area contributed by atoms with E-state index in [4.69, 9.17) is 0 Å². The molecule has 2 N–H and O–H groups in total. The Morgan fingerprint density at radius 3 is 2.52 bits per heavy atom. The van der Waals surface area contributed by atoms with Gasteiger partial charge in [0, 0.05) is 17.7 Å². The number of pyridine rings is 1. The van der Waals surface area contributed by atoms with Gasteiger partial charge in [0.15, 0.2) is 5.78 Å². The van der Waals surface area contributed by atoms with Crippen molar-refractivity contribution in [3.05, 3.63) is 66.3 Å². The Balaban J connectivity index is 1.79. The lowest BCUT2D eigenvalue weighted by Gasteiger charge is -2.14. The van der Waals surface area contributed by atoms with Gasteiger partial charge in [-0.2, -0.15) is 0 Å². The highest BCUT2D eigenvalue weighted by Gasteiger charge is 2.19. The first-order valence-corrected chi connectivity index (χ1v) is 10.2. The number of hydrogen-bond acceptors (Lipinski definition) is 7. The molecule has 0 saturated carbocycles. The number of carbonyl (C=O) groups excluding carboxylic acids is 2. The summed E-state index contributed by atoms with van der Waals surface area (Å²) in [5, 5.41) is 5.82. The molecule has 2 aromatic heterocycles.